The summed E-state index contributed by atoms with van der Waals surface area (Å²) in [5.74, 6) is 0. The third-order valence-corrected chi connectivity index (χ3v) is 2.26. The van der Waals surface area contributed by atoms with Crippen LogP contribution in [0.5, 0.6) is 0 Å². The van der Waals surface area contributed by atoms with Crippen molar-refractivity contribution >= 4 is 15.9 Å². The van der Waals surface area contributed by atoms with Crippen molar-refractivity contribution in [1.82, 2.24) is 0 Å². The fraction of sp³-hybridized carbons (Fsp3) is 0.222. The molecular formula is C9H8BrNO. The molecule has 0 spiro atoms. The van der Waals surface area contributed by atoms with Crippen LogP contribution in [-0.4, -0.2) is 5.11 Å². The van der Waals surface area contributed by atoms with E-state index in [2.05, 4.69) is 15.9 Å². The number of aliphatic hydroxyl groups excluding tert-OH is 1. The van der Waals surface area contributed by atoms with Crippen molar-refractivity contribution in [3.63, 3.8) is 0 Å². The molecule has 0 fully saturated rings. The predicted molar refractivity (Wildman–Crippen MR) is 49.7 cm³/mol. The Morgan fingerprint density at radius 2 is 2.25 bits per heavy atom. The summed E-state index contributed by atoms with van der Waals surface area (Å²) < 4.78 is 0. The number of benzene rings is 1. The quantitative estimate of drug-likeness (QED) is 0.783. The molecule has 0 atom stereocenters. The highest BCUT2D eigenvalue weighted by atomic mass is 79.9. The van der Waals surface area contributed by atoms with Gasteiger partial charge in [0.05, 0.1) is 18.2 Å². The normalized spacial score (nSPS) is 9.42. The van der Waals surface area contributed by atoms with Crippen LogP contribution >= 0.6 is 15.9 Å². The van der Waals surface area contributed by atoms with Gasteiger partial charge in [0.2, 0.25) is 0 Å². The standard InChI is InChI=1S/C9H8BrNO/c10-4-7-1-2-8(5-11)9(3-7)6-12/h1-3,12H,4,6H2. The molecule has 0 heterocycles. The summed E-state index contributed by atoms with van der Waals surface area (Å²) in [6.45, 7) is -0.0796. The van der Waals surface area contributed by atoms with Gasteiger partial charge in [-0.15, -0.1) is 0 Å². The molecule has 0 saturated heterocycles. The van der Waals surface area contributed by atoms with Crippen LogP contribution in [0.1, 0.15) is 16.7 Å². The summed E-state index contributed by atoms with van der Waals surface area (Å²) >= 11 is 3.30. The Bertz CT molecular complexity index is 317. The van der Waals surface area contributed by atoms with Gasteiger partial charge >= 0.3 is 0 Å². The van der Waals surface area contributed by atoms with Crippen LogP contribution in [0, 0.1) is 11.3 Å². The summed E-state index contributed by atoms with van der Waals surface area (Å²) in [6, 6.07) is 7.44. The second kappa shape index (κ2) is 4.24. The van der Waals surface area contributed by atoms with Crippen molar-refractivity contribution in [3.8, 4) is 6.07 Å². The topological polar surface area (TPSA) is 44.0 Å². The van der Waals surface area contributed by atoms with Crippen LogP contribution in [0.25, 0.3) is 0 Å². The lowest BCUT2D eigenvalue weighted by Crippen LogP contribution is -1.91. The van der Waals surface area contributed by atoms with Gasteiger partial charge in [-0.25, -0.2) is 0 Å². The summed E-state index contributed by atoms with van der Waals surface area (Å²) in [5, 5.41) is 18.3. The summed E-state index contributed by atoms with van der Waals surface area (Å²) in [6.07, 6.45) is 0. The summed E-state index contributed by atoms with van der Waals surface area (Å²) in [7, 11) is 0. The molecule has 62 valence electrons. The minimum atomic E-state index is -0.0796. The van der Waals surface area contributed by atoms with Crippen LogP contribution in [-0.2, 0) is 11.9 Å². The monoisotopic (exact) mass is 225 g/mol. The first-order chi connectivity index (χ1) is 5.81. The largest absolute Gasteiger partial charge is 0.392 e. The lowest BCUT2D eigenvalue weighted by atomic mass is 10.1. The molecule has 0 aliphatic rings. The van der Waals surface area contributed by atoms with Crippen LogP contribution in [0.15, 0.2) is 18.2 Å². The van der Waals surface area contributed by atoms with Gasteiger partial charge < -0.3 is 5.11 Å². The van der Waals surface area contributed by atoms with Crippen molar-refractivity contribution in [2.45, 2.75) is 11.9 Å². The van der Waals surface area contributed by atoms with E-state index in [0.29, 0.717) is 11.1 Å². The molecule has 3 heteroatoms. The van der Waals surface area contributed by atoms with Gasteiger partial charge in [0, 0.05) is 5.33 Å². The number of nitrogens with zero attached hydrogens (tertiary/aromatic N) is 1. The zero-order chi connectivity index (χ0) is 8.97. The van der Waals surface area contributed by atoms with Crippen LogP contribution in [0.3, 0.4) is 0 Å². The number of hydrogen-bond acceptors (Lipinski definition) is 2. The minimum Gasteiger partial charge on any atom is -0.392 e. The third-order valence-electron chi connectivity index (χ3n) is 1.61. The Kier molecular flexibility index (Phi) is 3.27. The first-order valence-corrected chi connectivity index (χ1v) is 4.62. The molecule has 0 amide bonds. The fourth-order valence-electron chi connectivity index (χ4n) is 0.970. The Morgan fingerprint density at radius 3 is 2.75 bits per heavy atom. The molecule has 1 N–H and O–H groups in total. The molecular weight excluding hydrogens is 218 g/mol. The summed E-state index contributed by atoms with van der Waals surface area (Å²) in [4.78, 5) is 0. The molecule has 0 aliphatic heterocycles. The maximum atomic E-state index is 8.90. The molecule has 12 heavy (non-hydrogen) atoms. The average molecular weight is 226 g/mol. The lowest BCUT2D eigenvalue weighted by molar-refractivity contribution is 0.281. The van der Waals surface area contributed by atoms with E-state index in [-0.39, 0.29) is 6.61 Å². The zero-order valence-electron chi connectivity index (χ0n) is 6.42. The highest BCUT2D eigenvalue weighted by molar-refractivity contribution is 9.08. The molecule has 1 aromatic carbocycles. The fourth-order valence-corrected chi connectivity index (χ4v) is 1.32. The van der Waals surface area contributed by atoms with Gasteiger partial charge in [-0.3, -0.25) is 0 Å². The van der Waals surface area contributed by atoms with Crippen LogP contribution in [0.4, 0.5) is 0 Å². The zero-order valence-corrected chi connectivity index (χ0v) is 8.00. The molecule has 2 nitrogen and oxygen atoms in total. The van der Waals surface area contributed by atoms with E-state index < -0.39 is 0 Å². The predicted octanol–water partition coefficient (Wildman–Crippen LogP) is 1.95. The van der Waals surface area contributed by atoms with E-state index in [9.17, 15) is 0 Å². The van der Waals surface area contributed by atoms with E-state index in [1.165, 1.54) is 0 Å². The molecule has 0 saturated carbocycles. The van der Waals surface area contributed by atoms with Crippen LogP contribution < -0.4 is 0 Å². The lowest BCUT2D eigenvalue weighted by Gasteiger charge is -2.01. The van der Waals surface area contributed by atoms with E-state index in [4.69, 9.17) is 10.4 Å². The smallest absolute Gasteiger partial charge is 0.0995 e. The number of rotatable bonds is 2. The van der Waals surface area contributed by atoms with E-state index in [1.807, 2.05) is 18.2 Å². The van der Waals surface area contributed by atoms with Gasteiger partial charge in [-0.2, -0.15) is 5.26 Å². The first-order valence-electron chi connectivity index (χ1n) is 3.50. The first kappa shape index (κ1) is 9.24. The molecule has 0 radical (unpaired) electrons. The molecule has 0 aromatic heterocycles. The number of alkyl halides is 1. The van der Waals surface area contributed by atoms with Crippen molar-refractivity contribution in [1.29, 1.82) is 5.26 Å². The minimum absolute atomic E-state index is 0.0796. The van der Waals surface area contributed by atoms with Crippen molar-refractivity contribution in [2.75, 3.05) is 0 Å². The Hall–Kier alpha value is -0.850. The van der Waals surface area contributed by atoms with Gasteiger partial charge in [0.15, 0.2) is 0 Å². The second-order valence-electron chi connectivity index (χ2n) is 2.40. The van der Waals surface area contributed by atoms with E-state index >= 15 is 0 Å². The second-order valence-corrected chi connectivity index (χ2v) is 2.96. The van der Waals surface area contributed by atoms with Crippen molar-refractivity contribution < 1.29 is 5.11 Å². The van der Waals surface area contributed by atoms with E-state index in [1.54, 1.807) is 6.07 Å². The van der Waals surface area contributed by atoms with Gasteiger partial charge in [-0.05, 0) is 17.2 Å². The van der Waals surface area contributed by atoms with Crippen molar-refractivity contribution in [3.05, 3.63) is 34.9 Å². The molecule has 1 aromatic rings. The Balaban J connectivity index is 3.13. The van der Waals surface area contributed by atoms with Crippen LogP contribution in [0.2, 0.25) is 0 Å². The number of halogens is 1. The van der Waals surface area contributed by atoms with Gasteiger partial charge in [0.25, 0.3) is 0 Å². The molecule has 0 aliphatic carbocycles. The maximum Gasteiger partial charge on any atom is 0.0995 e. The SMILES string of the molecule is N#Cc1ccc(CBr)cc1CO. The highest BCUT2D eigenvalue weighted by Gasteiger charge is 2.00. The highest BCUT2D eigenvalue weighted by Crippen LogP contribution is 2.13. The van der Waals surface area contributed by atoms with E-state index in [0.717, 1.165) is 10.9 Å². The molecule has 1 rings (SSSR count). The molecule has 0 unspecified atom stereocenters. The third kappa shape index (κ3) is 1.84. The maximum absolute atomic E-state index is 8.90. The van der Waals surface area contributed by atoms with Gasteiger partial charge in [0.1, 0.15) is 0 Å². The number of hydrogen-bond donors (Lipinski definition) is 1. The Labute approximate surface area is 79.6 Å². The molecule has 0 bridgehead atoms. The average Bonchev–Trinajstić information content (AvgIpc) is 2.16. The van der Waals surface area contributed by atoms with Gasteiger partial charge in [-0.1, -0.05) is 28.1 Å². The summed E-state index contributed by atoms with van der Waals surface area (Å²) in [5.41, 5.74) is 2.30. The number of nitriles is 1. The number of aliphatic hydroxyl groups is 1. The van der Waals surface area contributed by atoms with Crippen molar-refractivity contribution in [2.24, 2.45) is 0 Å². The Morgan fingerprint density at radius 1 is 1.50 bits per heavy atom.